The van der Waals surface area contributed by atoms with Crippen LogP contribution >= 0.6 is 46.5 Å². The molecule has 1 saturated heterocycles. The molecule has 1 fully saturated rings. The van der Waals surface area contributed by atoms with E-state index in [4.69, 9.17) is 11.6 Å². The number of carboxylic acid groups (broad SMARTS) is 1. The van der Waals surface area contributed by atoms with E-state index in [1.165, 1.54) is 34.9 Å². The molecule has 2 unspecified atom stereocenters. The van der Waals surface area contributed by atoms with E-state index in [1.807, 2.05) is 0 Å². The average Bonchev–Trinajstić information content (AvgIpc) is 3.30. The van der Waals surface area contributed by atoms with Gasteiger partial charge in [-0.1, -0.05) is 34.7 Å². The summed E-state index contributed by atoms with van der Waals surface area (Å²) in [5.74, 6) is -2.42. The smallest absolute Gasteiger partial charge is 0.477 e. The van der Waals surface area contributed by atoms with Crippen LogP contribution in [0.5, 0.6) is 0 Å². The molecule has 4 heterocycles. The number of carbonyl (C=O) groups excluding carboxylic acids is 2. The quantitative estimate of drug-likeness (QED) is 0.279. The third-order valence-corrected chi connectivity index (χ3v) is 8.72. The number of β-lactam (4-membered cyclic amide) rings is 1. The van der Waals surface area contributed by atoms with E-state index in [-0.39, 0.29) is 17.2 Å². The summed E-state index contributed by atoms with van der Waals surface area (Å²) in [5.41, 5.74) is -1.45. The van der Waals surface area contributed by atoms with E-state index in [0.717, 1.165) is 17.0 Å². The number of amides is 2. The first-order valence-corrected chi connectivity index (χ1v) is 12.6. The van der Waals surface area contributed by atoms with Crippen LogP contribution in [0.2, 0.25) is 5.02 Å². The number of aromatic nitrogens is 4. The molecule has 0 spiro atoms. The fourth-order valence-electron chi connectivity index (χ4n) is 3.50. The summed E-state index contributed by atoms with van der Waals surface area (Å²) in [6.45, 7) is 1.79. The molecule has 0 bridgehead atoms. The zero-order valence-electron chi connectivity index (χ0n) is 17.3. The summed E-state index contributed by atoms with van der Waals surface area (Å²) in [4.78, 5) is 38.4. The molecule has 2 aromatic heterocycles. The van der Waals surface area contributed by atoms with E-state index < -0.39 is 51.8 Å². The maximum Gasteiger partial charge on any atom is 0.481 e. The number of carbonyl (C=O) groups is 3. The van der Waals surface area contributed by atoms with E-state index in [9.17, 15) is 32.7 Å². The van der Waals surface area contributed by atoms with Gasteiger partial charge in [-0.3, -0.25) is 14.5 Å². The molecular formula is C17H15ClF3N6O4S3+. The first-order chi connectivity index (χ1) is 15.9. The Bertz CT molecular complexity index is 1230. The van der Waals surface area contributed by atoms with Gasteiger partial charge in [0.15, 0.2) is 22.1 Å². The minimum atomic E-state index is -4.80. The lowest BCUT2D eigenvalue weighted by Crippen LogP contribution is -2.70. The lowest BCUT2D eigenvalue weighted by Gasteiger charge is -2.49. The monoisotopic (exact) mass is 555 g/mol. The van der Waals surface area contributed by atoms with Gasteiger partial charge in [0.05, 0.1) is 0 Å². The summed E-state index contributed by atoms with van der Waals surface area (Å²) < 4.78 is 40.7. The van der Waals surface area contributed by atoms with Gasteiger partial charge in [0, 0.05) is 11.5 Å². The van der Waals surface area contributed by atoms with Gasteiger partial charge in [-0.05, 0) is 12.5 Å². The predicted octanol–water partition coefficient (Wildman–Crippen LogP) is 1.82. The Labute approximate surface area is 206 Å². The Balaban J connectivity index is 1.50. The number of fused-ring (bicyclic) bond motifs is 1. The van der Waals surface area contributed by atoms with Crippen LogP contribution in [0.3, 0.4) is 0 Å². The van der Waals surface area contributed by atoms with Crippen molar-refractivity contribution in [1.82, 2.24) is 25.5 Å². The van der Waals surface area contributed by atoms with Crippen molar-refractivity contribution >= 4 is 64.2 Å². The minimum absolute atomic E-state index is 0.170. The van der Waals surface area contributed by atoms with Crippen molar-refractivity contribution in [3.8, 4) is 0 Å². The van der Waals surface area contributed by atoms with Crippen molar-refractivity contribution in [2.45, 2.75) is 28.9 Å². The molecule has 0 aromatic carbocycles. The third kappa shape index (κ3) is 4.38. The van der Waals surface area contributed by atoms with Crippen molar-refractivity contribution in [1.29, 1.82) is 0 Å². The van der Waals surface area contributed by atoms with Crippen LogP contribution in [0.25, 0.3) is 0 Å². The van der Waals surface area contributed by atoms with Gasteiger partial charge in [-0.15, -0.1) is 26.6 Å². The number of hydrogen-bond donors (Lipinski definition) is 3. The molecule has 10 nitrogen and oxygen atoms in total. The number of nitrogens with zero attached hydrogens (tertiary/aromatic N) is 4. The van der Waals surface area contributed by atoms with Crippen molar-refractivity contribution in [2.24, 2.45) is 7.05 Å². The predicted molar refractivity (Wildman–Crippen MR) is 116 cm³/mol. The molecule has 4 rings (SSSR count). The topological polar surface area (TPSA) is 132 Å². The number of aromatic amines is 1. The summed E-state index contributed by atoms with van der Waals surface area (Å²) >= 11 is 9.68. The molecule has 2 aliphatic rings. The highest BCUT2D eigenvalue weighted by atomic mass is 35.5. The van der Waals surface area contributed by atoms with Crippen LogP contribution in [0.15, 0.2) is 15.6 Å². The van der Waals surface area contributed by atoms with Crippen LogP contribution < -0.4 is 10.00 Å². The Hall–Kier alpha value is -2.30. The Morgan fingerprint density at radius 1 is 1.41 bits per heavy atom. The molecule has 34 heavy (non-hydrogen) atoms. The van der Waals surface area contributed by atoms with E-state index in [2.05, 4.69) is 20.6 Å². The van der Waals surface area contributed by atoms with Gasteiger partial charge < -0.3 is 10.4 Å². The van der Waals surface area contributed by atoms with Crippen LogP contribution in [-0.2, 0) is 22.8 Å². The fraction of sp³-hybridized carbons (Fsp3) is 0.412. The maximum absolute atomic E-state index is 13.1. The first-order valence-electron chi connectivity index (χ1n) is 9.38. The number of nitrogens with one attached hydrogen (secondary N) is 2. The maximum atomic E-state index is 13.1. The van der Waals surface area contributed by atoms with Crippen molar-refractivity contribution < 1.29 is 37.3 Å². The average molecular weight is 556 g/mol. The van der Waals surface area contributed by atoms with Gasteiger partial charge in [0.1, 0.15) is 22.1 Å². The number of H-pyrrole nitrogens is 1. The summed E-state index contributed by atoms with van der Waals surface area (Å²) in [6.07, 6.45) is -4.80. The molecule has 2 aliphatic heterocycles. The van der Waals surface area contributed by atoms with Gasteiger partial charge in [0.25, 0.3) is 11.8 Å². The molecule has 0 aliphatic carbocycles. The first kappa shape index (κ1) is 24.8. The molecule has 182 valence electrons. The zero-order chi connectivity index (χ0) is 24.9. The van der Waals surface area contributed by atoms with E-state index >= 15 is 0 Å². The SMILES string of the molecule is Cc1nnc(SCC2=C(C(=O)O)N3C(=O)C(NC(=O)c4[nH][n+](C)c(C(F)(F)F)c4Cl)C3SC2)s1. The molecule has 3 N–H and O–H groups in total. The standard InChI is InChI=1S/C17H14ClF3N6O4S3/c1-5-23-24-16(34-5)33-4-6-3-32-14-9(13(29)27(14)10(6)15(30)31)22-12(28)8-7(18)11(17(19,20)21)26(2)25-8/h9,14H,3-4H2,1-2H3,(H2,22,28,30,31)/p+1. The van der Waals surface area contributed by atoms with Crippen LogP contribution in [0, 0.1) is 6.92 Å². The summed E-state index contributed by atoms with van der Waals surface area (Å²) in [5, 5.41) is 21.4. The number of aryl methyl sites for hydroxylation is 2. The number of carboxylic acids is 1. The highest BCUT2D eigenvalue weighted by Crippen LogP contribution is 2.42. The number of aliphatic carboxylic acids is 1. The van der Waals surface area contributed by atoms with Gasteiger partial charge in [-0.2, -0.15) is 18.3 Å². The third-order valence-electron chi connectivity index (χ3n) is 4.95. The Kier molecular flexibility index (Phi) is 6.61. The molecule has 0 radical (unpaired) electrons. The largest absolute Gasteiger partial charge is 0.481 e. The lowest BCUT2D eigenvalue weighted by molar-refractivity contribution is -0.743. The zero-order valence-corrected chi connectivity index (χ0v) is 20.5. The Morgan fingerprint density at radius 3 is 2.68 bits per heavy atom. The van der Waals surface area contributed by atoms with Crippen LogP contribution in [0.4, 0.5) is 13.2 Å². The van der Waals surface area contributed by atoms with Gasteiger partial charge in [0.2, 0.25) is 0 Å². The normalized spacial score (nSPS) is 20.3. The number of rotatable bonds is 6. The molecule has 2 amide bonds. The number of thioether (sulfide) groups is 2. The number of halogens is 4. The van der Waals surface area contributed by atoms with Crippen LogP contribution in [0.1, 0.15) is 21.2 Å². The molecule has 2 aromatic rings. The Morgan fingerprint density at radius 2 is 2.12 bits per heavy atom. The molecule has 17 heteroatoms. The fourth-order valence-corrected chi connectivity index (χ4v) is 7.16. The van der Waals surface area contributed by atoms with E-state index in [0.29, 0.717) is 14.6 Å². The van der Waals surface area contributed by atoms with Crippen LogP contribution in [-0.4, -0.2) is 66.0 Å². The van der Waals surface area contributed by atoms with Gasteiger partial charge >= 0.3 is 17.8 Å². The summed E-state index contributed by atoms with van der Waals surface area (Å²) in [6, 6.07) is -1.12. The van der Waals surface area contributed by atoms with E-state index in [1.54, 1.807) is 6.92 Å². The number of alkyl halides is 3. The highest BCUT2D eigenvalue weighted by Gasteiger charge is 2.55. The van der Waals surface area contributed by atoms with Crippen molar-refractivity contribution in [3.05, 3.63) is 32.7 Å². The van der Waals surface area contributed by atoms with Crippen molar-refractivity contribution in [3.63, 3.8) is 0 Å². The lowest BCUT2D eigenvalue weighted by atomic mass is 10.0. The van der Waals surface area contributed by atoms with Crippen molar-refractivity contribution in [2.75, 3.05) is 11.5 Å². The molecule has 0 saturated carbocycles. The minimum Gasteiger partial charge on any atom is -0.477 e. The molecule has 2 atom stereocenters. The second-order valence-corrected chi connectivity index (χ2v) is 11.1. The molecular weight excluding hydrogens is 541 g/mol. The number of hydrogen-bond acceptors (Lipinski definition) is 8. The van der Waals surface area contributed by atoms with Gasteiger partial charge in [-0.25, -0.2) is 4.79 Å². The summed E-state index contributed by atoms with van der Waals surface area (Å²) in [7, 11) is 1.05. The second-order valence-electron chi connectivity index (χ2n) is 7.20. The highest BCUT2D eigenvalue weighted by molar-refractivity contribution is 8.01. The second kappa shape index (κ2) is 9.05.